The van der Waals surface area contributed by atoms with E-state index >= 15 is 0 Å². The van der Waals surface area contributed by atoms with Gasteiger partial charge in [-0.15, -0.1) is 0 Å². The number of anilines is 2. The third kappa shape index (κ3) is 3.39. The molecule has 21 heavy (non-hydrogen) atoms. The van der Waals surface area contributed by atoms with E-state index < -0.39 is 0 Å². The molecule has 0 atom stereocenters. The molecule has 106 valence electrons. The van der Waals surface area contributed by atoms with Crippen molar-refractivity contribution in [3.8, 4) is 0 Å². The minimum absolute atomic E-state index is 0.313. The second-order valence-electron chi connectivity index (χ2n) is 4.77. The van der Waals surface area contributed by atoms with Crippen molar-refractivity contribution in [3.63, 3.8) is 0 Å². The maximum Gasteiger partial charge on any atom is 0.199 e. The van der Waals surface area contributed by atoms with Crippen LogP contribution >= 0.6 is 0 Å². The van der Waals surface area contributed by atoms with E-state index in [4.69, 9.17) is 5.73 Å². The first-order chi connectivity index (χ1) is 10.3. The van der Waals surface area contributed by atoms with E-state index in [1.807, 2.05) is 42.5 Å². The third-order valence-corrected chi connectivity index (χ3v) is 3.25. The number of nitrogens with zero attached hydrogens (tertiary/aromatic N) is 2. The molecule has 1 heterocycles. The van der Waals surface area contributed by atoms with Gasteiger partial charge in [0.1, 0.15) is 6.34 Å². The Labute approximate surface area is 123 Å². The van der Waals surface area contributed by atoms with Crippen molar-refractivity contribution in [1.82, 2.24) is 0 Å². The fourth-order valence-corrected chi connectivity index (χ4v) is 2.22. The fraction of sp³-hybridized carbons (Fsp3) is 0.125. The van der Waals surface area contributed by atoms with Crippen LogP contribution in [0.1, 0.15) is 5.56 Å². The van der Waals surface area contributed by atoms with Crippen molar-refractivity contribution in [2.45, 2.75) is 6.42 Å². The van der Waals surface area contributed by atoms with Crippen LogP contribution < -0.4 is 16.4 Å². The zero-order chi connectivity index (χ0) is 14.5. The van der Waals surface area contributed by atoms with E-state index in [0.29, 0.717) is 5.96 Å². The third-order valence-electron chi connectivity index (χ3n) is 3.25. The summed E-state index contributed by atoms with van der Waals surface area (Å²) in [6.07, 6.45) is 2.52. The first-order valence-electron chi connectivity index (χ1n) is 6.86. The van der Waals surface area contributed by atoms with Crippen LogP contribution in [0.25, 0.3) is 0 Å². The lowest BCUT2D eigenvalue weighted by molar-refractivity contribution is 1.11. The lowest BCUT2D eigenvalue weighted by Crippen LogP contribution is -2.22. The van der Waals surface area contributed by atoms with Crippen LogP contribution in [0.3, 0.4) is 0 Å². The molecule has 5 nitrogen and oxygen atoms in total. The molecular formula is C16H17N5. The largest absolute Gasteiger partial charge is 0.384 e. The van der Waals surface area contributed by atoms with Crippen molar-refractivity contribution in [2.75, 3.05) is 17.2 Å². The Kier molecular flexibility index (Phi) is 3.82. The molecule has 2 aromatic rings. The van der Waals surface area contributed by atoms with E-state index in [0.717, 1.165) is 30.0 Å². The fourth-order valence-electron chi connectivity index (χ4n) is 2.22. The van der Waals surface area contributed by atoms with Gasteiger partial charge < -0.3 is 16.4 Å². The van der Waals surface area contributed by atoms with Crippen LogP contribution in [-0.4, -0.2) is 18.8 Å². The number of guanidine groups is 1. The van der Waals surface area contributed by atoms with Crippen LogP contribution in [0.15, 0.2) is 58.5 Å². The van der Waals surface area contributed by atoms with Crippen molar-refractivity contribution in [2.24, 2.45) is 15.7 Å². The number of rotatable bonds is 3. The molecule has 0 fully saturated rings. The second-order valence-corrected chi connectivity index (χ2v) is 4.77. The summed E-state index contributed by atoms with van der Waals surface area (Å²) in [4.78, 5) is 8.28. The van der Waals surface area contributed by atoms with Crippen LogP contribution in [0.5, 0.6) is 0 Å². The molecule has 0 unspecified atom stereocenters. The number of fused-ring (bicyclic) bond motifs is 1. The number of para-hydroxylation sites is 1. The average molecular weight is 279 g/mol. The van der Waals surface area contributed by atoms with Gasteiger partial charge in [-0.25, -0.2) is 9.98 Å². The van der Waals surface area contributed by atoms with Crippen molar-refractivity contribution in [3.05, 3.63) is 54.1 Å². The number of nitrogens with two attached hydrogens (primary N) is 1. The van der Waals surface area contributed by atoms with E-state index in [1.165, 1.54) is 11.9 Å². The van der Waals surface area contributed by atoms with Gasteiger partial charge in [0.2, 0.25) is 0 Å². The van der Waals surface area contributed by atoms with Gasteiger partial charge in [-0.05, 0) is 36.2 Å². The Morgan fingerprint density at radius 1 is 1.19 bits per heavy atom. The lowest BCUT2D eigenvalue weighted by Gasteiger charge is -2.07. The Hall–Kier alpha value is -2.82. The number of aliphatic imine (C=N–C) groups is 2. The molecular weight excluding hydrogens is 262 g/mol. The predicted octanol–water partition coefficient (Wildman–Crippen LogP) is 2.74. The zero-order valence-electron chi connectivity index (χ0n) is 11.6. The minimum Gasteiger partial charge on any atom is -0.384 e. The molecule has 2 aromatic carbocycles. The minimum atomic E-state index is 0.313. The Bertz CT molecular complexity index is 676. The Morgan fingerprint density at radius 2 is 2.05 bits per heavy atom. The van der Waals surface area contributed by atoms with E-state index in [-0.39, 0.29) is 0 Å². The van der Waals surface area contributed by atoms with Gasteiger partial charge in [0.25, 0.3) is 0 Å². The van der Waals surface area contributed by atoms with Crippen LogP contribution in [-0.2, 0) is 6.42 Å². The molecule has 0 aliphatic carbocycles. The topological polar surface area (TPSA) is 74.8 Å². The van der Waals surface area contributed by atoms with Crippen LogP contribution in [0, 0.1) is 0 Å². The maximum atomic E-state index is 5.84. The summed E-state index contributed by atoms with van der Waals surface area (Å²) in [5.74, 6) is 0.313. The highest BCUT2D eigenvalue weighted by Gasteiger charge is 2.09. The molecule has 3 rings (SSSR count). The average Bonchev–Trinajstić information content (AvgIpc) is 2.96. The molecule has 4 N–H and O–H groups in total. The first kappa shape index (κ1) is 13.2. The van der Waals surface area contributed by atoms with Gasteiger partial charge in [-0.3, -0.25) is 0 Å². The highest BCUT2D eigenvalue weighted by Crippen LogP contribution is 2.25. The Morgan fingerprint density at radius 3 is 2.90 bits per heavy atom. The molecule has 0 saturated heterocycles. The molecule has 0 aromatic heterocycles. The van der Waals surface area contributed by atoms with Gasteiger partial charge >= 0.3 is 0 Å². The monoisotopic (exact) mass is 279 g/mol. The van der Waals surface area contributed by atoms with E-state index in [2.05, 4.69) is 26.7 Å². The number of hydrogen-bond acceptors (Lipinski definition) is 2. The quantitative estimate of drug-likeness (QED) is 0.597. The molecule has 0 bridgehead atoms. The number of hydrogen-bond donors (Lipinski definition) is 3. The van der Waals surface area contributed by atoms with Gasteiger partial charge in [0.05, 0.1) is 5.69 Å². The molecule has 1 aliphatic rings. The predicted molar refractivity (Wildman–Crippen MR) is 88.5 cm³/mol. The maximum absolute atomic E-state index is 5.84. The summed E-state index contributed by atoms with van der Waals surface area (Å²) >= 11 is 0. The molecule has 0 saturated carbocycles. The van der Waals surface area contributed by atoms with Crippen molar-refractivity contribution < 1.29 is 0 Å². The van der Waals surface area contributed by atoms with E-state index in [1.54, 1.807) is 0 Å². The first-order valence-corrected chi connectivity index (χ1v) is 6.86. The summed E-state index contributed by atoms with van der Waals surface area (Å²) in [7, 11) is 0. The number of nitrogens with one attached hydrogen (secondary N) is 2. The summed E-state index contributed by atoms with van der Waals surface area (Å²) in [6.45, 7) is 0.992. The van der Waals surface area contributed by atoms with E-state index in [9.17, 15) is 0 Å². The second kappa shape index (κ2) is 6.09. The number of benzene rings is 2. The van der Waals surface area contributed by atoms with Crippen LogP contribution in [0.2, 0.25) is 0 Å². The molecule has 1 aliphatic heterocycles. The van der Waals surface area contributed by atoms with Crippen molar-refractivity contribution >= 4 is 29.4 Å². The normalized spacial score (nSPS) is 14.0. The van der Waals surface area contributed by atoms with Gasteiger partial charge in [-0.2, -0.15) is 0 Å². The standard InChI is InChI=1S/C16H17N5/c17-16(20-11-19-13-4-2-1-3-5-13)21-14-7-6-12-8-9-18-15(12)10-14/h1-7,10-11,18H,8-9H2,(H3,17,19,20,21). The van der Waals surface area contributed by atoms with Crippen molar-refractivity contribution in [1.29, 1.82) is 0 Å². The van der Waals surface area contributed by atoms with Gasteiger partial charge in [-0.1, -0.05) is 24.3 Å². The molecule has 5 heteroatoms. The summed E-state index contributed by atoms with van der Waals surface area (Å²) in [6, 6.07) is 15.7. The van der Waals surface area contributed by atoms with Gasteiger partial charge in [0.15, 0.2) is 5.96 Å². The zero-order valence-corrected chi connectivity index (χ0v) is 11.6. The SMILES string of the molecule is NC(=NC=Nc1ccccc1)Nc1ccc2c(c1)NCC2. The molecule has 0 radical (unpaired) electrons. The lowest BCUT2D eigenvalue weighted by atomic mass is 10.1. The summed E-state index contributed by atoms with van der Waals surface area (Å²) < 4.78 is 0. The summed E-state index contributed by atoms with van der Waals surface area (Å²) in [5, 5.41) is 6.39. The molecule has 0 amide bonds. The smallest absolute Gasteiger partial charge is 0.199 e. The highest BCUT2D eigenvalue weighted by molar-refractivity contribution is 5.97. The Balaban J connectivity index is 1.64. The summed E-state index contributed by atoms with van der Waals surface area (Å²) in [5.41, 5.74) is 10.1. The highest BCUT2D eigenvalue weighted by atomic mass is 15.1. The van der Waals surface area contributed by atoms with Gasteiger partial charge in [0, 0.05) is 17.9 Å². The molecule has 0 spiro atoms. The van der Waals surface area contributed by atoms with Crippen LogP contribution in [0.4, 0.5) is 17.1 Å².